The molecule has 0 aliphatic rings. The summed E-state index contributed by atoms with van der Waals surface area (Å²) < 4.78 is 0. The second-order valence-corrected chi connectivity index (χ2v) is 7.21. The lowest BCUT2D eigenvalue weighted by Crippen LogP contribution is -2.19. The zero-order valence-corrected chi connectivity index (χ0v) is 15.7. The molecule has 1 aromatic carbocycles. The van der Waals surface area contributed by atoms with Gasteiger partial charge in [0.1, 0.15) is 11.5 Å². The SMILES string of the molecule is CC(C)(C)c1ccccc1NC(=O)c1cnc(NCc2ccccn2)cn1. The molecule has 0 fully saturated rings. The number of carbonyl (C=O) groups is 1. The van der Waals surface area contributed by atoms with E-state index in [1.54, 1.807) is 12.4 Å². The van der Waals surface area contributed by atoms with Gasteiger partial charge in [-0.1, -0.05) is 45.0 Å². The maximum Gasteiger partial charge on any atom is 0.275 e. The zero-order chi connectivity index (χ0) is 19.3. The number of hydrogen-bond acceptors (Lipinski definition) is 5. The van der Waals surface area contributed by atoms with Gasteiger partial charge in [0.2, 0.25) is 0 Å². The van der Waals surface area contributed by atoms with Crippen molar-refractivity contribution < 1.29 is 4.79 Å². The average Bonchev–Trinajstić information content (AvgIpc) is 2.67. The Morgan fingerprint density at radius 3 is 2.41 bits per heavy atom. The highest BCUT2D eigenvalue weighted by molar-refractivity contribution is 6.03. The molecule has 0 aliphatic carbocycles. The predicted octanol–water partition coefficient (Wildman–Crippen LogP) is 4.03. The molecular formula is C21H23N5O. The summed E-state index contributed by atoms with van der Waals surface area (Å²) >= 11 is 0. The van der Waals surface area contributed by atoms with Crippen molar-refractivity contribution in [2.75, 3.05) is 10.6 Å². The molecule has 138 valence electrons. The van der Waals surface area contributed by atoms with Crippen molar-refractivity contribution in [2.24, 2.45) is 0 Å². The van der Waals surface area contributed by atoms with E-state index in [9.17, 15) is 4.79 Å². The highest BCUT2D eigenvalue weighted by atomic mass is 16.1. The Balaban J connectivity index is 1.66. The summed E-state index contributed by atoms with van der Waals surface area (Å²) in [5.74, 6) is 0.308. The monoisotopic (exact) mass is 361 g/mol. The Hall–Kier alpha value is -3.28. The minimum atomic E-state index is -0.282. The fourth-order valence-corrected chi connectivity index (χ4v) is 2.65. The molecule has 6 heteroatoms. The van der Waals surface area contributed by atoms with Crippen LogP contribution in [0.15, 0.2) is 61.1 Å². The van der Waals surface area contributed by atoms with Crippen molar-refractivity contribution >= 4 is 17.4 Å². The van der Waals surface area contributed by atoms with Gasteiger partial charge in [0.25, 0.3) is 5.91 Å². The number of nitrogens with zero attached hydrogens (tertiary/aromatic N) is 3. The van der Waals surface area contributed by atoms with E-state index >= 15 is 0 Å². The first-order valence-corrected chi connectivity index (χ1v) is 8.80. The Morgan fingerprint density at radius 2 is 1.74 bits per heavy atom. The zero-order valence-electron chi connectivity index (χ0n) is 15.7. The van der Waals surface area contributed by atoms with Gasteiger partial charge in [0.05, 0.1) is 24.6 Å². The van der Waals surface area contributed by atoms with E-state index < -0.39 is 0 Å². The van der Waals surface area contributed by atoms with Crippen molar-refractivity contribution in [2.45, 2.75) is 32.7 Å². The molecule has 0 bridgehead atoms. The van der Waals surface area contributed by atoms with Crippen LogP contribution in [0.2, 0.25) is 0 Å². The number of para-hydroxylation sites is 1. The number of nitrogens with one attached hydrogen (secondary N) is 2. The van der Waals surface area contributed by atoms with E-state index in [2.05, 4.69) is 46.4 Å². The van der Waals surface area contributed by atoms with Crippen LogP contribution in [-0.2, 0) is 12.0 Å². The highest BCUT2D eigenvalue weighted by Crippen LogP contribution is 2.29. The lowest BCUT2D eigenvalue weighted by atomic mass is 9.86. The maximum atomic E-state index is 12.5. The van der Waals surface area contributed by atoms with Crippen molar-refractivity contribution in [3.63, 3.8) is 0 Å². The molecular weight excluding hydrogens is 338 g/mol. The number of aromatic nitrogens is 3. The standard InChI is InChI=1S/C21H23N5O/c1-21(2,3)16-9-4-5-10-17(16)26-20(27)18-13-25-19(14-23-18)24-12-15-8-6-7-11-22-15/h4-11,13-14H,12H2,1-3H3,(H,24,25)(H,26,27). The van der Waals surface area contributed by atoms with E-state index in [1.807, 2.05) is 42.5 Å². The second kappa shape index (κ2) is 7.95. The smallest absolute Gasteiger partial charge is 0.275 e. The highest BCUT2D eigenvalue weighted by Gasteiger charge is 2.19. The molecule has 0 spiro atoms. The molecule has 3 aromatic rings. The molecule has 27 heavy (non-hydrogen) atoms. The van der Waals surface area contributed by atoms with Gasteiger partial charge in [-0.3, -0.25) is 9.78 Å². The largest absolute Gasteiger partial charge is 0.363 e. The Labute approximate surface area is 159 Å². The lowest BCUT2D eigenvalue weighted by Gasteiger charge is -2.22. The summed E-state index contributed by atoms with van der Waals surface area (Å²) in [5, 5.41) is 6.08. The summed E-state index contributed by atoms with van der Waals surface area (Å²) in [4.78, 5) is 25.3. The fraction of sp³-hybridized carbons (Fsp3) is 0.238. The van der Waals surface area contributed by atoms with Gasteiger partial charge in [0.15, 0.2) is 0 Å². The van der Waals surface area contributed by atoms with Crippen LogP contribution in [0.1, 0.15) is 42.5 Å². The Kier molecular flexibility index (Phi) is 5.45. The summed E-state index contributed by atoms with van der Waals surface area (Å²) in [6.45, 7) is 6.87. The number of rotatable bonds is 5. The first-order chi connectivity index (χ1) is 12.9. The molecule has 0 unspecified atom stereocenters. The minimum absolute atomic E-state index is 0.0746. The van der Waals surface area contributed by atoms with Gasteiger partial charge >= 0.3 is 0 Å². The van der Waals surface area contributed by atoms with Crippen LogP contribution < -0.4 is 10.6 Å². The second-order valence-electron chi connectivity index (χ2n) is 7.21. The average molecular weight is 361 g/mol. The molecule has 3 rings (SSSR count). The third-order valence-corrected chi connectivity index (χ3v) is 4.04. The number of pyridine rings is 1. The van der Waals surface area contributed by atoms with Crippen LogP contribution in [-0.4, -0.2) is 20.9 Å². The molecule has 2 heterocycles. The molecule has 0 saturated heterocycles. The normalized spacial score (nSPS) is 11.1. The maximum absolute atomic E-state index is 12.5. The topological polar surface area (TPSA) is 79.8 Å². The molecule has 0 saturated carbocycles. The van der Waals surface area contributed by atoms with E-state index in [0.717, 1.165) is 16.9 Å². The van der Waals surface area contributed by atoms with Crippen LogP contribution in [0.5, 0.6) is 0 Å². The van der Waals surface area contributed by atoms with Crippen LogP contribution in [0.4, 0.5) is 11.5 Å². The van der Waals surface area contributed by atoms with Crippen molar-refractivity contribution in [1.82, 2.24) is 15.0 Å². The molecule has 0 atom stereocenters. The molecule has 2 N–H and O–H groups in total. The summed E-state index contributed by atoms with van der Waals surface area (Å²) in [7, 11) is 0. The van der Waals surface area contributed by atoms with Gasteiger partial charge in [-0.2, -0.15) is 0 Å². The van der Waals surface area contributed by atoms with E-state index in [1.165, 1.54) is 6.20 Å². The molecule has 0 radical (unpaired) electrons. The van der Waals surface area contributed by atoms with Gasteiger partial charge in [-0.25, -0.2) is 9.97 Å². The van der Waals surface area contributed by atoms with Crippen LogP contribution in [0, 0.1) is 0 Å². The number of benzene rings is 1. The first-order valence-electron chi connectivity index (χ1n) is 8.80. The minimum Gasteiger partial charge on any atom is -0.363 e. The first kappa shape index (κ1) is 18.5. The number of anilines is 2. The van der Waals surface area contributed by atoms with E-state index in [0.29, 0.717) is 12.4 Å². The summed E-state index contributed by atoms with van der Waals surface area (Å²) in [5.41, 5.74) is 2.95. The quantitative estimate of drug-likeness (QED) is 0.717. The van der Waals surface area contributed by atoms with Crippen molar-refractivity contribution in [3.05, 3.63) is 78.0 Å². The van der Waals surface area contributed by atoms with Gasteiger partial charge < -0.3 is 10.6 Å². The Morgan fingerprint density at radius 1 is 0.963 bits per heavy atom. The number of hydrogen-bond donors (Lipinski definition) is 2. The Bertz CT molecular complexity index is 902. The molecule has 0 aliphatic heterocycles. The van der Waals surface area contributed by atoms with Crippen LogP contribution in [0.3, 0.4) is 0 Å². The number of amides is 1. The van der Waals surface area contributed by atoms with E-state index in [4.69, 9.17) is 0 Å². The van der Waals surface area contributed by atoms with Gasteiger partial charge in [0, 0.05) is 11.9 Å². The lowest BCUT2D eigenvalue weighted by molar-refractivity contribution is 0.102. The van der Waals surface area contributed by atoms with Crippen molar-refractivity contribution in [1.29, 1.82) is 0 Å². The fourth-order valence-electron chi connectivity index (χ4n) is 2.65. The summed E-state index contributed by atoms with van der Waals surface area (Å²) in [6.07, 6.45) is 4.76. The van der Waals surface area contributed by atoms with E-state index in [-0.39, 0.29) is 17.0 Å². The molecule has 1 amide bonds. The summed E-state index contributed by atoms with van der Waals surface area (Å²) in [6, 6.07) is 13.5. The predicted molar refractivity (Wildman–Crippen MR) is 107 cm³/mol. The van der Waals surface area contributed by atoms with Crippen molar-refractivity contribution in [3.8, 4) is 0 Å². The third-order valence-electron chi connectivity index (χ3n) is 4.04. The molecule has 6 nitrogen and oxygen atoms in total. The van der Waals surface area contributed by atoms with Crippen LogP contribution >= 0.6 is 0 Å². The van der Waals surface area contributed by atoms with Gasteiger partial charge in [-0.05, 0) is 29.2 Å². The molecule has 2 aromatic heterocycles. The van der Waals surface area contributed by atoms with Crippen LogP contribution in [0.25, 0.3) is 0 Å². The van der Waals surface area contributed by atoms with Gasteiger partial charge in [-0.15, -0.1) is 0 Å². The number of carbonyl (C=O) groups excluding carboxylic acids is 1. The third kappa shape index (κ3) is 4.88.